The van der Waals surface area contributed by atoms with Crippen LogP contribution in [-0.4, -0.2) is 0 Å². The van der Waals surface area contributed by atoms with Crippen LogP contribution in [0.5, 0.6) is 0 Å². The van der Waals surface area contributed by atoms with Crippen molar-refractivity contribution in [3.8, 4) is 0 Å². The lowest BCUT2D eigenvalue weighted by Gasteiger charge is -2.69. The third-order valence-electron chi connectivity index (χ3n) is 5.44. The first-order valence-corrected chi connectivity index (χ1v) is 5.54. The lowest BCUT2D eigenvalue weighted by Crippen LogP contribution is -2.61. The van der Waals surface area contributed by atoms with Crippen molar-refractivity contribution in [2.45, 2.75) is 53.4 Å². The van der Waals surface area contributed by atoms with Gasteiger partial charge in [-0.1, -0.05) is 27.7 Å². The topological polar surface area (TPSA) is 0 Å². The second-order valence-corrected chi connectivity index (χ2v) is 5.61. The molecule has 70 valence electrons. The Kier molecular flexibility index (Phi) is 1.63. The Morgan fingerprint density at radius 1 is 1.25 bits per heavy atom. The molecule has 12 heavy (non-hydrogen) atoms. The molecule has 3 rings (SSSR count). The fraction of sp³-hybridized carbons (Fsp3) is 1.00. The van der Waals surface area contributed by atoms with Gasteiger partial charge in [0.2, 0.25) is 0 Å². The van der Waals surface area contributed by atoms with Crippen molar-refractivity contribution in [1.82, 2.24) is 0 Å². The van der Waals surface area contributed by atoms with Crippen LogP contribution in [0.4, 0.5) is 0 Å². The van der Waals surface area contributed by atoms with Gasteiger partial charge in [-0.05, 0) is 48.3 Å². The minimum atomic E-state index is 0.652. The van der Waals surface area contributed by atoms with Crippen LogP contribution in [-0.2, 0) is 0 Å². The van der Waals surface area contributed by atoms with Crippen LogP contribution in [0.3, 0.4) is 0 Å². The number of rotatable bonds is 1. The quantitative estimate of drug-likeness (QED) is 0.555. The highest BCUT2D eigenvalue weighted by Crippen LogP contribution is 2.71. The molecule has 0 radical (unpaired) electrons. The summed E-state index contributed by atoms with van der Waals surface area (Å²) in [5.41, 5.74) is 1.37. The fourth-order valence-corrected chi connectivity index (χ4v) is 4.21. The molecule has 0 heteroatoms. The largest absolute Gasteiger partial charge is 0.0648 e. The maximum Gasteiger partial charge on any atom is -0.0218 e. The average Bonchev–Trinajstić information content (AvgIpc) is 2.04. The van der Waals surface area contributed by atoms with Crippen molar-refractivity contribution in [2.24, 2.45) is 22.7 Å². The molecule has 3 saturated carbocycles. The van der Waals surface area contributed by atoms with Gasteiger partial charge < -0.3 is 0 Å². The van der Waals surface area contributed by atoms with Gasteiger partial charge in [-0.3, -0.25) is 0 Å². The zero-order chi connectivity index (χ0) is 8.98. The van der Waals surface area contributed by atoms with Gasteiger partial charge in [0.1, 0.15) is 0 Å². The van der Waals surface area contributed by atoms with Crippen molar-refractivity contribution in [3.63, 3.8) is 0 Å². The fourth-order valence-electron chi connectivity index (χ4n) is 4.21. The van der Waals surface area contributed by atoms with Gasteiger partial charge in [-0.15, -0.1) is 0 Å². The zero-order valence-electron chi connectivity index (χ0n) is 8.98. The van der Waals surface area contributed by atoms with Crippen LogP contribution in [0.2, 0.25) is 0 Å². The third kappa shape index (κ3) is 0.701. The van der Waals surface area contributed by atoms with E-state index in [0.717, 1.165) is 17.3 Å². The van der Waals surface area contributed by atoms with Crippen molar-refractivity contribution >= 4 is 0 Å². The van der Waals surface area contributed by atoms with E-state index < -0.39 is 0 Å². The monoisotopic (exact) mass is 166 g/mol. The number of hydrogen-bond acceptors (Lipinski definition) is 0. The van der Waals surface area contributed by atoms with E-state index >= 15 is 0 Å². The van der Waals surface area contributed by atoms with Crippen molar-refractivity contribution in [3.05, 3.63) is 0 Å². The molecule has 3 aliphatic carbocycles. The molecule has 0 nitrogen and oxygen atoms in total. The SMILES string of the molecule is CCC12CC(CCC1C)C2(C)C. The number of fused-ring (bicyclic) bond motifs is 2. The van der Waals surface area contributed by atoms with Gasteiger partial charge in [0, 0.05) is 0 Å². The second-order valence-electron chi connectivity index (χ2n) is 5.61. The predicted octanol–water partition coefficient (Wildman–Crippen LogP) is 3.86. The molecule has 3 unspecified atom stereocenters. The Bertz CT molecular complexity index is 192. The maximum absolute atomic E-state index is 2.50. The van der Waals surface area contributed by atoms with Crippen molar-refractivity contribution < 1.29 is 0 Å². The molecule has 0 aromatic carbocycles. The smallest absolute Gasteiger partial charge is 0.0218 e. The summed E-state index contributed by atoms with van der Waals surface area (Å²) >= 11 is 0. The first-order chi connectivity index (χ1) is 5.54. The molecule has 0 amide bonds. The number of hydrogen-bond donors (Lipinski definition) is 0. The molecule has 0 aromatic rings. The first-order valence-electron chi connectivity index (χ1n) is 5.54. The van der Waals surface area contributed by atoms with E-state index in [-0.39, 0.29) is 0 Å². The molecule has 3 aliphatic rings. The normalized spacial score (nSPS) is 50.0. The van der Waals surface area contributed by atoms with Gasteiger partial charge in [-0.25, -0.2) is 0 Å². The van der Waals surface area contributed by atoms with Crippen LogP contribution in [0, 0.1) is 22.7 Å². The van der Waals surface area contributed by atoms with E-state index in [2.05, 4.69) is 27.7 Å². The molecule has 3 fully saturated rings. The summed E-state index contributed by atoms with van der Waals surface area (Å²) in [4.78, 5) is 0. The summed E-state index contributed by atoms with van der Waals surface area (Å²) in [6, 6.07) is 0. The Hall–Kier alpha value is 0. The molecule has 0 aromatic heterocycles. The molecular formula is C12H22. The highest BCUT2D eigenvalue weighted by molar-refractivity contribution is 5.11. The molecule has 0 saturated heterocycles. The lowest BCUT2D eigenvalue weighted by molar-refractivity contribution is -0.196. The summed E-state index contributed by atoms with van der Waals surface area (Å²) in [6.07, 6.45) is 5.91. The molecular weight excluding hydrogens is 144 g/mol. The summed E-state index contributed by atoms with van der Waals surface area (Å²) in [6.45, 7) is 9.86. The molecule has 0 spiro atoms. The minimum absolute atomic E-state index is 0.652. The van der Waals surface area contributed by atoms with Crippen LogP contribution in [0.1, 0.15) is 53.4 Å². The Balaban J connectivity index is 2.29. The van der Waals surface area contributed by atoms with Crippen LogP contribution < -0.4 is 0 Å². The van der Waals surface area contributed by atoms with Gasteiger partial charge >= 0.3 is 0 Å². The van der Waals surface area contributed by atoms with Crippen LogP contribution in [0.25, 0.3) is 0 Å². The van der Waals surface area contributed by atoms with E-state index in [4.69, 9.17) is 0 Å². The Labute approximate surface area is 76.7 Å². The lowest BCUT2D eigenvalue weighted by atomic mass is 9.36. The van der Waals surface area contributed by atoms with E-state index in [0.29, 0.717) is 5.41 Å². The summed E-state index contributed by atoms with van der Waals surface area (Å²) < 4.78 is 0. The van der Waals surface area contributed by atoms with Gasteiger partial charge in [0.05, 0.1) is 0 Å². The minimum Gasteiger partial charge on any atom is -0.0648 e. The van der Waals surface area contributed by atoms with Crippen molar-refractivity contribution in [1.29, 1.82) is 0 Å². The highest BCUT2D eigenvalue weighted by atomic mass is 14.7. The first kappa shape index (κ1) is 8.59. The van der Waals surface area contributed by atoms with Gasteiger partial charge in [-0.2, -0.15) is 0 Å². The van der Waals surface area contributed by atoms with Crippen molar-refractivity contribution in [2.75, 3.05) is 0 Å². The summed E-state index contributed by atoms with van der Waals surface area (Å²) in [5.74, 6) is 2.02. The molecule has 0 N–H and O–H groups in total. The summed E-state index contributed by atoms with van der Waals surface area (Å²) in [5, 5.41) is 0. The van der Waals surface area contributed by atoms with Crippen LogP contribution in [0.15, 0.2) is 0 Å². The predicted molar refractivity (Wildman–Crippen MR) is 53.0 cm³/mol. The maximum atomic E-state index is 2.50. The van der Waals surface area contributed by atoms with E-state index in [1.54, 1.807) is 0 Å². The highest BCUT2D eigenvalue weighted by Gasteiger charge is 2.62. The average molecular weight is 166 g/mol. The third-order valence-corrected chi connectivity index (χ3v) is 5.44. The second kappa shape index (κ2) is 2.27. The van der Waals surface area contributed by atoms with Crippen LogP contribution >= 0.6 is 0 Å². The summed E-state index contributed by atoms with van der Waals surface area (Å²) in [7, 11) is 0. The Morgan fingerprint density at radius 3 is 2.25 bits per heavy atom. The molecule has 3 atom stereocenters. The molecule has 0 heterocycles. The molecule has 2 bridgehead atoms. The Morgan fingerprint density at radius 2 is 1.92 bits per heavy atom. The zero-order valence-corrected chi connectivity index (χ0v) is 8.98. The molecule has 0 aliphatic heterocycles. The van der Waals surface area contributed by atoms with Gasteiger partial charge in [0.25, 0.3) is 0 Å². The van der Waals surface area contributed by atoms with E-state index in [1.807, 2.05) is 0 Å². The standard InChI is InChI=1S/C12H22/c1-5-12-8-10(11(12,3)4)7-6-9(12)2/h9-10H,5-8H2,1-4H3. The van der Waals surface area contributed by atoms with Gasteiger partial charge in [0.15, 0.2) is 0 Å². The van der Waals surface area contributed by atoms with E-state index in [1.165, 1.54) is 25.7 Å². The van der Waals surface area contributed by atoms with E-state index in [9.17, 15) is 0 Å².